The predicted molar refractivity (Wildman–Crippen MR) is 422 cm³/mol. The quantitative estimate of drug-likeness (QED) is 0.112. The Hall–Kier alpha value is -11.5. The first-order valence-electron chi connectivity index (χ1n) is 36.2. The van der Waals surface area contributed by atoms with Crippen molar-refractivity contribution in [2.75, 3.05) is 0 Å². The zero-order valence-electron chi connectivity index (χ0n) is 64.8. The van der Waals surface area contributed by atoms with Crippen LogP contribution in [0.1, 0.15) is 105 Å². The zero-order chi connectivity index (χ0) is 77.0. The molecular weight excluding hydrogens is 1340 g/mol. The van der Waals surface area contributed by atoms with Crippen LogP contribution >= 0.6 is 0 Å². The van der Waals surface area contributed by atoms with Gasteiger partial charge in [0.1, 0.15) is 57.6 Å². The normalized spacial score (nSPS) is 11.1. The second kappa shape index (κ2) is 32.5. The van der Waals surface area contributed by atoms with Gasteiger partial charge in [-0.05, 0) is 302 Å². The molecule has 0 saturated heterocycles. The molecule has 10 aromatic carbocycles. The van der Waals surface area contributed by atoms with Crippen molar-refractivity contribution in [1.29, 1.82) is 0 Å². The summed E-state index contributed by atoms with van der Waals surface area (Å²) in [5.74, 6) is 0.657. The molecule has 0 aliphatic carbocycles. The summed E-state index contributed by atoms with van der Waals surface area (Å²) >= 11 is 0. The molecule has 15 heteroatoms. The number of rotatable bonds is 8. The average molecular weight is 1430 g/mol. The fraction of sp³-hybridized carbons (Fsp3) is 0.239. The molecular formula is C92H94F5N10+5. The third-order valence-electron chi connectivity index (χ3n) is 20.4. The number of para-hydroxylation sites is 3. The van der Waals surface area contributed by atoms with Crippen molar-refractivity contribution in [3.63, 3.8) is 0 Å². The Morgan fingerprint density at radius 1 is 0.308 bits per heavy atom. The largest absolute Gasteiger partial charge is 0.296 e. The number of aryl methyl sites for hydroxylation is 16. The molecule has 15 aromatic rings. The van der Waals surface area contributed by atoms with Crippen LogP contribution in [0.2, 0.25) is 0 Å². The summed E-state index contributed by atoms with van der Waals surface area (Å²) in [6.45, 7) is 27.5. The number of aromatic nitrogens is 10. The Balaban J connectivity index is 0.000000133. The fourth-order valence-electron chi connectivity index (χ4n) is 14.3. The van der Waals surface area contributed by atoms with Gasteiger partial charge in [0.25, 0.3) is 31.1 Å². The molecule has 0 N–H and O–H groups in total. The van der Waals surface area contributed by atoms with Gasteiger partial charge in [-0.2, -0.15) is 0 Å². The molecule has 0 bridgehead atoms. The highest BCUT2D eigenvalue weighted by Gasteiger charge is 2.25. The molecule has 5 aromatic heterocycles. The van der Waals surface area contributed by atoms with E-state index in [0.717, 1.165) is 163 Å². The van der Waals surface area contributed by atoms with Gasteiger partial charge < -0.3 is 0 Å². The molecule has 0 fully saturated rings. The van der Waals surface area contributed by atoms with Crippen molar-refractivity contribution in [2.45, 2.75) is 116 Å². The lowest BCUT2D eigenvalue weighted by Gasteiger charge is -2.14. The van der Waals surface area contributed by atoms with E-state index in [1.54, 1.807) is 64.4 Å². The molecule has 0 aliphatic heterocycles. The minimum atomic E-state index is -0.199. The predicted octanol–water partition coefficient (Wildman–Crippen LogP) is 19.9. The van der Waals surface area contributed by atoms with Crippen LogP contribution in [0.15, 0.2) is 195 Å². The first-order chi connectivity index (χ1) is 51.1. The Labute approximate surface area is 624 Å². The molecule has 0 spiro atoms. The van der Waals surface area contributed by atoms with Gasteiger partial charge in [-0.25, -0.2) is 44.8 Å². The van der Waals surface area contributed by atoms with E-state index in [0.29, 0.717) is 28.2 Å². The SMILES string of the molecule is CCC(CC)c1ccc2nc[n+](C)c(-c3ccc(F)cc3C)c2c1.Cc1cc(-c2c3cccc(C)c3nc[n+]2C)c(C)cc1F.Cc1cc(-c2c3ccccc3nc(C)[n+]2C)c(C)cc1F.Cc1cc(-c2c3ccccc3nc[n+]2C)c(C)cc1F.Cc1ccc2c(-c3cc(C)c(F)cc3C)[n+](C)cnc2c1. The van der Waals surface area contributed by atoms with Crippen molar-refractivity contribution in [1.82, 2.24) is 24.9 Å². The topological polar surface area (TPSA) is 83.8 Å². The summed E-state index contributed by atoms with van der Waals surface area (Å²) in [6, 6.07) is 54.1. The number of hydrogen-bond donors (Lipinski definition) is 0. The first kappa shape index (κ1) is 76.7. The Morgan fingerprint density at radius 2 is 0.710 bits per heavy atom. The maximum Gasteiger partial charge on any atom is 0.296 e. The molecule has 15 rings (SSSR count). The van der Waals surface area contributed by atoms with Gasteiger partial charge in [0.2, 0.25) is 0 Å². The second-order valence-corrected chi connectivity index (χ2v) is 28.3. The van der Waals surface area contributed by atoms with E-state index in [1.807, 2.05) is 187 Å². The smallest absolute Gasteiger partial charge is 0.232 e. The lowest BCUT2D eigenvalue weighted by Crippen LogP contribution is -2.36. The maximum absolute atomic E-state index is 13.7. The van der Waals surface area contributed by atoms with Gasteiger partial charge >= 0.3 is 0 Å². The molecule has 0 amide bonds. The molecule has 107 heavy (non-hydrogen) atoms. The Morgan fingerprint density at radius 3 is 1.21 bits per heavy atom. The molecule has 542 valence electrons. The fourth-order valence-corrected chi connectivity index (χ4v) is 14.3. The molecule has 5 heterocycles. The molecule has 0 radical (unpaired) electrons. The van der Waals surface area contributed by atoms with Gasteiger partial charge in [-0.1, -0.05) is 62.4 Å². The molecule has 0 atom stereocenters. The third kappa shape index (κ3) is 16.2. The molecule has 0 saturated carbocycles. The number of halogens is 5. The van der Waals surface area contributed by atoms with Crippen LogP contribution in [0.25, 0.3) is 111 Å². The Bertz CT molecular complexity index is 5930. The lowest BCUT2D eigenvalue weighted by molar-refractivity contribution is -0.668. The number of nitrogens with zero attached hydrogens (tertiary/aromatic N) is 10. The third-order valence-corrected chi connectivity index (χ3v) is 20.4. The minimum absolute atomic E-state index is 0.158. The summed E-state index contributed by atoms with van der Waals surface area (Å²) in [5, 5.41) is 5.46. The molecule has 0 unspecified atom stereocenters. The summed E-state index contributed by atoms with van der Waals surface area (Å²) in [4.78, 5) is 22.6. The van der Waals surface area contributed by atoms with E-state index < -0.39 is 0 Å². The highest BCUT2D eigenvalue weighted by atomic mass is 19.1. The summed E-state index contributed by atoms with van der Waals surface area (Å²) in [6.07, 6.45) is 9.52. The summed E-state index contributed by atoms with van der Waals surface area (Å²) < 4.78 is 78.5. The van der Waals surface area contributed by atoms with E-state index in [4.69, 9.17) is 0 Å². The Kier molecular flexibility index (Phi) is 23.3. The highest BCUT2D eigenvalue weighted by molar-refractivity contribution is 5.96. The van der Waals surface area contributed by atoms with E-state index in [2.05, 4.69) is 118 Å². The van der Waals surface area contributed by atoms with Gasteiger partial charge in [0, 0.05) is 40.3 Å². The van der Waals surface area contributed by atoms with Crippen molar-refractivity contribution in [2.24, 2.45) is 35.2 Å². The number of benzene rings is 10. The van der Waals surface area contributed by atoms with Crippen molar-refractivity contribution < 1.29 is 44.8 Å². The number of fused-ring (bicyclic) bond motifs is 5. The molecule has 10 nitrogen and oxygen atoms in total. The van der Waals surface area contributed by atoms with Crippen molar-refractivity contribution in [3.8, 4) is 56.3 Å². The molecule has 0 aliphatic rings. The van der Waals surface area contributed by atoms with E-state index in [1.165, 1.54) is 17.2 Å². The number of hydrogen-bond acceptors (Lipinski definition) is 5. The van der Waals surface area contributed by atoms with E-state index in [-0.39, 0.29) is 29.1 Å². The van der Waals surface area contributed by atoms with Crippen molar-refractivity contribution >= 4 is 54.5 Å². The van der Waals surface area contributed by atoms with Crippen LogP contribution in [-0.2, 0) is 35.2 Å². The van der Waals surface area contributed by atoms with Gasteiger partial charge in [0.15, 0.2) is 27.6 Å². The summed E-state index contributed by atoms with van der Waals surface area (Å²) in [5.41, 5.74) is 26.4. The first-order valence-corrected chi connectivity index (χ1v) is 36.2. The van der Waals surface area contributed by atoms with E-state index >= 15 is 0 Å². The minimum Gasteiger partial charge on any atom is -0.232 e. The standard InChI is InChI=1S/C21H24FN2.3C18H18FN2.C17H16FN2/c1-5-15(6-2)16-7-10-20-19(12-16)21(24(4)13-23-20)18-9-8-17(22)11-14(18)3;1-11-5-6-14-17(7-11)20-10-21(4)18(14)15-8-13(3)16(19)9-12(15)2;1-11-6-5-7-14-17(11)20-10-21(4)18(14)15-8-13(3)16(19)9-12(15)2;1-11-10-16(19)12(2)9-15(11)18-14-7-5-6-8-17(14)20-13(3)21(18)4;1-11-9-15(18)12(2)8-14(11)17-13-6-4-5-7-16(13)19-10-20(17)3/h7-13,15H,5-6H2,1-4H3;3*5-10H,1-4H3;4-10H,1-3H3/q5*+1. The van der Waals surface area contributed by atoms with Gasteiger partial charge in [-0.3, -0.25) is 0 Å². The van der Waals surface area contributed by atoms with Crippen LogP contribution in [0.4, 0.5) is 22.0 Å². The van der Waals surface area contributed by atoms with Crippen LogP contribution in [0.5, 0.6) is 0 Å². The van der Waals surface area contributed by atoms with Crippen LogP contribution in [0, 0.1) is 112 Å². The van der Waals surface area contributed by atoms with Crippen LogP contribution in [-0.4, -0.2) is 24.9 Å². The monoisotopic (exact) mass is 1430 g/mol. The summed E-state index contributed by atoms with van der Waals surface area (Å²) in [7, 11) is 9.91. The van der Waals surface area contributed by atoms with Gasteiger partial charge in [0.05, 0.1) is 62.2 Å². The van der Waals surface area contributed by atoms with Crippen LogP contribution < -0.4 is 22.8 Å². The zero-order valence-corrected chi connectivity index (χ0v) is 64.8. The lowest BCUT2D eigenvalue weighted by atomic mass is 9.91. The van der Waals surface area contributed by atoms with Crippen LogP contribution in [0.3, 0.4) is 0 Å². The highest BCUT2D eigenvalue weighted by Crippen LogP contribution is 2.36. The van der Waals surface area contributed by atoms with Crippen molar-refractivity contribution in [3.05, 3.63) is 297 Å². The second-order valence-electron chi connectivity index (χ2n) is 28.3. The average Bonchev–Trinajstić information content (AvgIpc) is 0.794. The van der Waals surface area contributed by atoms with E-state index in [9.17, 15) is 22.0 Å². The van der Waals surface area contributed by atoms with Gasteiger partial charge in [-0.15, -0.1) is 0 Å². The maximum atomic E-state index is 13.7.